The maximum absolute atomic E-state index is 14.8. The van der Waals surface area contributed by atoms with Gasteiger partial charge in [0.05, 0.1) is 5.56 Å². The van der Waals surface area contributed by atoms with Crippen LogP contribution in [0.25, 0.3) is 11.1 Å². The number of amides is 1. The van der Waals surface area contributed by atoms with E-state index in [1.165, 1.54) is 44.6 Å². The number of hydrogen-bond donors (Lipinski definition) is 2. The molecule has 2 rings (SSSR count). The number of nitrogens with zero attached hydrogens (tertiary/aromatic N) is 1. The highest BCUT2D eigenvalue weighted by Crippen LogP contribution is 2.32. The molecule has 0 unspecified atom stereocenters. The lowest BCUT2D eigenvalue weighted by Gasteiger charge is -2.17. The molecule has 1 amide bonds. The Kier molecular flexibility index (Phi) is 6.22. The molecule has 8 heteroatoms. The van der Waals surface area contributed by atoms with Gasteiger partial charge in [-0.1, -0.05) is 18.2 Å². The van der Waals surface area contributed by atoms with Crippen molar-refractivity contribution in [1.29, 1.82) is 5.26 Å². The zero-order valence-corrected chi connectivity index (χ0v) is 14.0. The van der Waals surface area contributed by atoms with Crippen molar-refractivity contribution in [2.75, 3.05) is 14.2 Å². The largest absolute Gasteiger partial charge is 0.465 e. The van der Waals surface area contributed by atoms with Crippen molar-refractivity contribution in [3.8, 4) is 17.2 Å². The van der Waals surface area contributed by atoms with Gasteiger partial charge >= 0.3 is 6.09 Å². The molecular formula is C18H16F2N2O4. The average Bonchev–Trinajstić information content (AvgIpc) is 2.63. The van der Waals surface area contributed by atoms with Gasteiger partial charge in [0.25, 0.3) is 0 Å². The molecule has 26 heavy (non-hydrogen) atoms. The fourth-order valence-electron chi connectivity index (χ4n) is 2.52. The lowest BCUT2D eigenvalue weighted by molar-refractivity contribution is -0.106. The molecular weight excluding hydrogens is 346 g/mol. The van der Waals surface area contributed by atoms with E-state index in [-0.39, 0.29) is 28.8 Å². The van der Waals surface area contributed by atoms with Crippen LogP contribution < -0.4 is 5.32 Å². The van der Waals surface area contributed by atoms with Crippen LogP contribution in [0, 0.1) is 23.0 Å². The van der Waals surface area contributed by atoms with E-state index in [1.54, 1.807) is 6.07 Å². The van der Waals surface area contributed by atoms with Gasteiger partial charge in [0.2, 0.25) is 0 Å². The van der Waals surface area contributed by atoms with Gasteiger partial charge in [0.1, 0.15) is 17.7 Å². The molecule has 0 heterocycles. The summed E-state index contributed by atoms with van der Waals surface area (Å²) in [4.78, 5) is 10.6. The summed E-state index contributed by atoms with van der Waals surface area (Å²) in [5.41, 5.74) is -0.144. The van der Waals surface area contributed by atoms with E-state index in [0.29, 0.717) is 5.56 Å². The lowest BCUT2D eigenvalue weighted by Crippen LogP contribution is -2.20. The highest BCUT2D eigenvalue weighted by atomic mass is 19.1. The molecule has 0 aliphatic heterocycles. The molecule has 0 spiro atoms. The molecule has 136 valence electrons. The highest BCUT2D eigenvalue weighted by Gasteiger charge is 2.20. The zero-order valence-electron chi connectivity index (χ0n) is 14.0. The molecule has 0 aliphatic rings. The number of hydrogen-bond acceptors (Lipinski definition) is 4. The number of benzene rings is 2. The van der Waals surface area contributed by atoms with Crippen LogP contribution in [0.1, 0.15) is 23.0 Å². The van der Waals surface area contributed by atoms with Gasteiger partial charge in [-0.15, -0.1) is 0 Å². The summed E-state index contributed by atoms with van der Waals surface area (Å²) in [5.74, 6) is -1.67. The van der Waals surface area contributed by atoms with E-state index in [4.69, 9.17) is 19.8 Å². The predicted octanol–water partition coefficient (Wildman–Crippen LogP) is 3.56. The Morgan fingerprint density at radius 1 is 1.23 bits per heavy atom. The van der Waals surface area contributed by atoms with Crippen LogP contribution in [0.2, 0.25) is 0 Å². The molecule has 2 N–H and O–H groups in total. The van der Waals surface area contributed by atoms with E-state index >= 15 is 0 Å². The fraction of sp³-hybridized carbons (Fsp3) is 0.222. The van der Waals surface area contributed by atoms with E-state index in [2.05, 4.69) is 5.32 Å². The van der Waals surface area contributed by atoms with Gasteiger partial charge in [0, 0.05) is 43.0 Å². The molecule has 0 saturated heterocycles. The summed E-state index contributed by atoms with van der Waals surface area (Å²) in [6.45, 7) is -0.278. The Morgan fingerprint density at radius 3 is 2.50 bits per heavy atom. The summed E-state index contributed by atoms with van der Waals surface area (Å²) < 4.78 is 39.7. The number of rotatable bonds is 6. The first-order chi connectivity index (χ1) is 12.4. The topological polar surface area (TPSA) is 91.6 Å². The minimum absolute atomic E-state index is 0.0447. The molecule has 2 aromatic carbocycles. The number of carboxylic acid groups (broad SMARTS) is 1. The van der Waals surface area contributed by atoms with Crippen molar-refractivity contribution in [3.05, 3.63) is 58.7 Å². The number of methoxy groups -OCH3 is 2. The Morgan fingerprint density at radius 2 is 1.92 bits per heavy atom. The second kappa shape index (κ2) is 8.38. The Labute approximate surface area is 148 Å². The van der Waals surface area contributed by atoms with Gasteiger partial charge in [-0.2, -0.15) is 5.26 Å². The molecule has 6 nitrogen and oxygen atoms in total. The normalized spacial score (nSPS) is 10.6. The first-order valence-corrected chi connectivity index (χ1v) is 7.46. The number of nitriles is 1. The van der Waals surface area contributed by atoms with Crippen LogP contribution in [0.15, 0.2) is 30.3 Å². The summed E-state index contributed by atoms with van der Waals surface area (Å²) >= 11 is 0. The highest BCUT2D eigenvalue weighted by molar-refractivity contribution is 5.69. The molecule has 0 bridgehead atoms. The fourth-order valence-corrected chi connectivity index (χ4v) is 2.52. The van der Waals surface area contributed by atoms with Crippen molar-refractivity contribution in [2.24, 2.45) is 0 Å². The van der Waals surface area contributed by atoms with Crippen molar-refractivity contribution in [3.63, 3.8) is 0 Å². The van der Waals surface area contributed by atoms with Crippen LogP contribution >= 0.6 is 0 Å². The van der Waals surface area contributed by atoms with Crippen LogP contribution in [0.3, 0.4) is 0 Å². The van der Waals surface area contributed by atoms with Crippen LogP contribution in [-0.4, -0.2) is 25.4 Å². The summed E-state index contributed by atoms with van der Waals surface area (Å²) in [6.07, 6.45) is -2.17. The molecule has 0 saturated carbocycles. The second-order valence-corrected chi connectivity index (χ2v) is 5.28. The first-order valence-electron chi connectivity index (χ1n) is 7.46. The Bertz CT molecular complexity index is 861. The third-order valence-electron chi connectivity index (χ3n) is 3.71. The summed E-state index contributed by atoms with van der Waals surface area (Å²) in [5, 5.41) is 19.9. The summed E-state index contributed by atoms with van der Waals surface area (Å²) in [6, 6.07) is 8.53. The van der Waals surface area contributed by atoms with Gasteiger partial charge in [-0.05, 0) is 12.1 Å². The van der Waals surface area contributed by atoms with Crippen molar-refractivity contribution >= 4 is 6.09 Å². The minimum Gasteiger partial charge on any atom is -0.465 e. The Balaban J connectivity index is 2.61. The molecule has 0 aliphatic carbocycles. The Hall–Kier alpha value is -3.02. The van der Waals surface area contributed by atoms with Crippen molar-refractivity contribution < 1.29 is 28.2 Å². The number of halogens is 2. The van der Waals surface area contributed by atoms with E-state index in [1.807, 2.05) is 0 Å². The monoisotopic (exact) mass is 362 g/mol. The van der Waals surface area contributed by atoms with Crippen molar-refractivity contribution in [2.45, 2.75) is 12.8 Å². The minimum atomic E-state index is -1.31. The van der Waals surface area contributed by atoms with E-state index in [9.17, 15) is 13.6 Å². The maximum atomic E-state index is 14.8. The molecule has 0 aromatic heterocycles. The second-order valence-electron chi connectivity index (χ2n) is 5.28. The van der Waals surface area contributed by atoms with Gasteiger partial charge in [0.15, 0.2) is 6.29 Å². The third-order valence-corrected chi connectivity index (χ3v) is 3.71. The predicted molar refractivity (Wildman–Crippen MR) is 88.1 cm³/mol. The van der Waals surface area contributed by atoms with Crippen LogP contribution in [-0.2, 0) is 16.0 Å². The average molecular weight is 362 g/mol. The zero-order chi connectivity index (χ0) is 19.3. The van der Waals surface area contributed by atoms with Gasteiger partial charge < -0.3 is 19.9 Å². The van der Waals surface area contributed by atoms with E-state index < -0.39 is 24.0 Å². The number of carbonyl (C=O) groups is 1. The number of ether oxygens (including phenoxy) is 2. The summed E-state index contributed by atoms with van der Waals surface area (Å²) in [7, 11) is 2.75. The lowest BCUT2D eigenvalue weighted by atomic mass is 9.96. The third kappa shape index (κ3) is 3.96. The van der Waals surface area contributed by atoms with Crippen LogP contribution in [0.4, 0.5) is 13.6 Å². The SMILES string of the molecule is COC(OC)c1cc(C#N)c(F)c(-c2cccc(CNC(=O)O)c2F)c1. The van der Waals surface area contributed by atoms with Crippen LogP contribution in [0.5, 0.6) is 0 Å². The molecule has 2 aromatic rings. The molecule has 0 atom stereocenters. The number of nitrogens with one attached hydrogen (secondary N) is 1. The molecule has 0 fully saturated rings. The van der Waals surface area contributed by atoms with Gasteiger partial charge in [-0.3, -0.25) is 0 Å². The molecule has 0 radical (unpaired) electrons. The quantitative estimate of drug-likeness (QED) is 0.767. The maximum Gasteiger partial charge on any atom is 0.404 e. The smallest absolute Gasteiger partial charge is 0.404 e. The van der Waals surface area contributed by atoms with Gasteiger partial charge in [-0.25, -0.2) is 13.6 Å². The van der Waals surface area contributed by atoms with E-state index in [0.717, 1.165) is 0 Å². The van der Waals surface area contributed by atoms with Crippen molar-refractivity contribution in [1.82, 2.24) is 5.32 Å². The standard InChI is InChI=1S/C18H16F2N2O4/c1-25-17(26-2)11-6-12(8-21)16(20)14(7-11)13-5-3-4-10(15(13)19)9-22-18(23)24/h3-7,17,22H,9H2,1-2H3,(H,23,24). The first kappa shape index (κ1) is 19.3.